The van der Waals surface area contributed by atoms with Gasteiger partial charge in [0.05, 0.1) is 0 Å². The van der Waals surface area contributed by atoms with Crippen LogP contribution in [0, 0.1) is 0 Å². The van der Waals surface area contributed by atoms with Crippen LogP contribution in [0.3, 0.4) is 0 Å². The number of ether oxygens (including phenoxy) is 1. The van der Waals surface area contributed by atoms with E-state index in [1.54, 1.807) is 7.11 Å². The molecule has 3 nitrogen and oxygen atoms in total. The van der Waals surface area contributed by atoms with Gasteiger partial charge in [0, 0.05) is 13.7 Å². The number of methoxy groups -OCH3 is 1. The number of rotatable bonds is 2. The normalized spacial score (nSPS) is 10.8. The van der Waals surface area contributed by atoms with Gasteiger partial charge in [0.2, 0.25) is 0 Å². The van der Waals surface area contributed by atoms with E-state index in [9.17, 15) is 26.3 Å². The van der Waals surface area contributed by atoms with E-state index in [0.29, 0.717) is 0 Å². The molecule has 0 rings (SSSR count). The van der Waals surface area contributed by atoms with E-state index < -0.39 is 12.6 Å². The summed E-state index contributed by atoms with van der Waals surface area (Å²) in [5.41, 5.74) is 6.71. The fourth-order valence-electron chi connectivity index (χ4n) is 0.118. The van der Waals surface area contributed by atoms with Gasteiger partial charge < -0.3 is 4.74 Å². The quantitative estimate of drug-likeness (QED) is 0.449. The first-order valence-electron chi connectivity index (χ1n) is 3.32. The van der Waals surface area contributed by atoms with Crippen LogP contribution in [0.25, 0.3) is 0 Å². The summed E-state index contributed by atoms with van der Waals surface area (Å²) < 4.78 is 65.5. The molecule has 0 saturated carbocycles. The molecule has 15 heavy (non-hydrogen) atoms. The molecule has 0 aromatic rings. The summed E-state index contributed by atoms with van der Waals surface area (Å²) in [7, 11) is 4.27. The van der Waals surface area contributed by atoms with E-state index >= 15 is 0 Å². The van der Waals surface area contributed by atoms with Crippen LogP contribution in [0.5, 0.6) is 0 Å². The minimum absolute atomic E-state index is 0.852. The second-order valence-electron chi connectivity index (χ2n) is 1.86. The largest absolute Gasteiger partial charge is 0.454 e. The molecule has 0 amide bonds. The zero-order valence-corrected chi connectivity index (χ0v) is 8.98. The highest BCUT2D eigenvalue weighted by Crippen LogP contribution is 2.02. The van der Waals surface area contributed by atoms with Crippen LogP contribution in [0.2, 0.25) is 0 Å². The molecule has 0 aliphatic rings. The SMILES string of the molecule is COCCP.NC(F)(F)F.NC(F)(F)F. The average molecular weight is 262 g/mol. The molecule has 0 fully saturated rings. The average Bonchev–Trinajstić information content (AvgIpc) is 1.80. The molecule has 1 atom stereocenters. The number of hydrogen-bond acceptors (Lipinski definition) is 3. The van der Waals surface area contributed by atoms with Crippen LogP contribution >= 0.6 is 9.24 Å². The third-order valence-corrected chi connectivity index (χ3v) is 0.558. The summed E-state index contributed by atoms with van der Waals surface area (Å²) in [6.07, 6.45) is -7.96. The lowest BCUT2D eigenvalue weighted by Gasteiger charge is -1.89. The molecule has 4 N–H and O–H groups in total. The molecule has 10 heteroatoms. The Morgan fingerprint density at radius 2 is 1.20 bits per heavy atom. The number of halogens is 6. The molecule has 0 aliphatic carbocycles. The third-order valence-electron chi connectivity index (χ3n) is 0.322. The zero-order chi connectivity index (χ0) is 13.1. The molecule has 0 aromatic heterocycles. The fraction of sp³-hybridized carbons (Fsp3) is 1.00. The van der Waals surface area contributed by atoms with Crippen molar-refractivity contribution in [3.05, 3.63) is 0 Å². The van der Waals surface area contributed by atoms with Gasteiger partial charge in [-0.05, 0) is 6.16 Å². The summed E-state index contributed by atoms with van der Waals surface area (Å²) in [6.45, 7) is 0.852. The van der Waals surface area contributed by atoms with Crippen molar-refractivity contribution in [1.29, 1.82) is 0 Å². The molecule has 0 heterocycles. The van der Waals surface area contributed by atoms with Gasteiger partial charge in [-0.1, -0.05) is 0 Å². The van der Waals surface area contributed by atoms with Crippen molar-refractivity contribution in [2.24, 2.45) is 11.5 Å². The predicted octanol–water partition coefficient (Wildman–Crippen LogP) is 1.44. The van der Waals surface area contributed by atoms with Gasteiger partial charge in [-0.15, -0.1) is 9.24 Å². The minimum Gasteiger partial charge on any atom is -0.384 e. The molecule has 1 unspecified atom stereocenters. The maximum atomic E-state index is 10.1. The van der Waals surface area contributed by atoms with E-state index in [1.165, 1.54) is 0 Å². The lowest BCUT2D eigenvalue weighted by molar-refractivity contribution is -0.123. The van der Waals surface area contributed by atoms with Crippen molar-refractivity contribution in [3.63, 3.8) is 0 Å². The van der Waals surface area contributed by atoms with E-state index in [-0.39, 0.29) is 0 Å². The Balaban J connectivity index is -0.000000144. The number of nitrogens with two attached hydrogens (primary N) is 2. The lowest BCUT2D eigenvalue weighted by Crippen LogP contribution is -2.20. The van der Waals surface area contributed by atoms with E-state index in [2.05, 4.69) is 25.4 Å². The molecule has 96 valence electrons. The predicted molar refractivity (Wildman–Crippen MR) is 46.9 cm³/mol. The van der Waals surface area contributed by atoms with Crippen LogP contribution in [0.1, 0.15) is 0 Å². The fourth-order valence-corrected chi connectivity index (χ4v) is 0.354. The second-order valence-corrected chi connectivity index (χ2v) is 2.44. The lowest BCUT2D eigenvalue weighted by atomic mass is 10.9. The third kappa shape index (κ3) is 550. The Labute approximate surface area is 85.3 Å². The highest BCUT2D eigenvalue weighted by Gasteiger charge is 2.17. The maximum Gasteiger partial charge on any atom is 0.454 e. The van der Waals surface area contributed by atoms with Crippen molar-refractivity contribution in [2.75, 3.05) is 19.9 Å². The van der Waals surface area contributed by atoms with Crippen LogP contribution in [-0.2, 0) is 4.74 Å². The van der Waals surface area contributed by atoms with Gasteiger partial charge in [-0.25, -0.2) is 11.5 Å². The Morgan fingerprint density at radius 1 is 1.00 bits per heavy atom. The highest BCUT2D eigenvalue weighted by molar-refractivity contribution is 7.16. The maximum absolute atomic E-state index is 10.1. The Kier molecular flexibility index (Phi) is 14.1. The van der Waals surface area contributed by atoms with E-state index in [1.807, 2.05) is 0 Å². The first-order valence-corrected chi connectivity index (χ1v) is 4.13. The summed E-state index contributed by atoms with van der Waals surface area (Å²) in [5.74, 6) is 0. The summed E-state index contributed by atoms with van der Waals surface area (Å²) in [5, 5.41) is 0. The van der Waals surface area contributed by atoms with Gasteiger partial charge >= 0.3 is 12.6 Å². The molecule has 0 aromatic carbocycles. The van der Waals surface area contributed by atoms with Crippen LogP contribution in [0.4, 0.5) is 26.3 Å². The van der Waals surface area contributed by atoms with Gasteiger partial charge in [0.15, 0.2) is 0 Å². The van der Waals surface area contributed by atoms with E-state index in [4.69, 9.17) is 0 Å². The van der Waals surface area contributed by atoms with Crippen molar-refractivity contribution >= 4 is 9.24 Å². The van der Waals surface area contributed by atoms with Crippen LogP contribution in [0.15, 0.2) is 0 Å². The summed E-state index contributed by atoms with van der Waals surface area (Å²) >= 11 is 0. The Hall–Kier alpha value is -0.110. The van der Waals surface area contributed by atoms with Crippen molar-refractivity contribution < 1.29 is 31.1 Å². The molecule has 0 aliphatic heterocycles. The molecule has 0 bridgehead atoms. The Morgan fingerprint density at radius 3 is 1.20 bits per heavy atom. The van der Waals surface area contributed by atoms with Crippen LogP contribution < -0.4 is 11.5 Å². The smallest absolute Gasteiger partial charge is 0.384 e. The standard InChI is InChI=1S/C3H9OP.2CH2F3N/c1-4-2-3-5;2*2-1(3,4)5/h2-3,5H2,1H3;2*5H2. The number of hydrogen-bond donors (Lipinski definition) is 2. The van der Waals surface area contributed by atoms with Gasteiger partial charge in [0.25, 0.3) is 0 Å². The molecule has 0 spiro atoms. The molecular formula is C5H13F6N2OP. The van der Waals surface area contributed by atoms with Crippen molar-refractivity contribution in [1.82, 2.24) is 0 Å². The monoisotopic (exact) mass is 262 g/mol. The van der Waals surface area contributed by atoms with Crippen LogP contribution in [-0.4, -0.2) is 32.5 Å². The van der Waals surface area contributed by atoms with Gasteiger partial charge in [-0.3, -0.25) is 0 Å². The highest BCUT2D eigenvalue weighted by atomic mass is 31.0. The second kappa shape index (κ2) is 10.4. The topological polar surface area (TPSA) is 61.3 Å². The molecule has 0 saturated heterocycles. The summed E-state index contributed by atoms with van der Waals surface area (Å²) in [6, 6.07) is 0. The zero-order valence-electron chi connectivity index (χ0n) is 7.82. The van der Waals surface area contributed by atoms with Gasteiger partial charge in [-0.2, -0.15) is 26.3 Å². The van der Waals surface area contributed by atoms with Gasteiger partial charge in [0.1, 0.15) is 0 Å². The minimum atomic E-state index is -4.50. The first-order chi connectivity index (χ1) is 6.41. The molecular weight excluding hydrogens is 249 g/mol. The van der Waals surface area contributed by atoms with Crippen molar-refractivity contribution in [2.45, 2.75) is 12.6 Å². The van der Waals surface area contributed by atoms with Crippen molar-refractivity contribution in [3.8, 4) is 0 Å². The number of alkyl halides is 6. The molecule has 0 radical (unpaired) electrons. The van der Waals surface area contributed by atoms with E-state index in [0.717, 1.165) is 12.8 Å². The summed E-state index contributed by atoms with van der Waals surface area (Å²) in [4.78, 5) is 0. The Bertz CT molecular complexity index is 102. The first kappa shape index (κ1) is 20.3.